The monoisotopic (exact) mass is 256 g/mol. The first-order valence-corrected chi connectivity index (χ1v) is 6.16. The summed E-state index contributed by atoms with van der Waals surface area (Å²) in [5.74, 6) is 0.817. The second-order valence-electron chi connectivity index (χ2n) is 3.64. The van der Waals surface area contributed by atoms with Crippen LogP contribution in [-0.4, -0.2) is 7.11 Å². The van der Waals surface area contributed by atoms with E-state index in [9.17, 15) is 0 Å². The molecular weight excluding hydrogens is 244 g/mol. The van der Waals surface area contributed by atoms with E-state index in [4.69, 9.17) is 15.7 Å². The van der Waals surface area contributed by atoms with Crippen molar-refractivity contribution in [1.29, 1.82) is 5.26 Å². The quantitative estimate of drug-likeness (QED) is 0.856. The van der Waals surface area contributed by atoms with E-state index < -0.39 is 0 Å². The molecule has 0 aromatic heterocycles. The van der Waals surface area contributed by atoms with Crippen molar-refractivity contribution in [2.45, 2.75) is 9.79 Å². The molecule has 0 heterocycles. The van der Waals surface area contributed by atoms with Gasteiger partial charge in [0.25, 0.3) is 0 Å². The molecule has 2 rings (SSSR count). The Morgan fingerprint density at radius 3 is 2.50 bits per heavy atom. The Morgan fingerprint density at radius 1 is 1.17 bits per heavy atom. The van der Waals surface area contributed by atoms with Crippen molar-refractivity contribution < 1.29 is 4.74 Å². The summed E-state index contributed by atoms with van der Waals surface area (Å²) >= 11 is 1.53. The molecule has 90 valence electrons. The lowest BCUT2D eigenvalue weighted by Crippen LogP contribution is -1.88. The van der Waals surface area contributed by atoms with E-state index in [1.165, 1.54) is 11.8 Å². The predicted octanol–water partition coefficient (Wildman–Crippen LogP) is 3.30. The molecule has 0 saturated carbocycles. The summed E-state index contributed by atoms with van der Waals surface area (Å²) in [5, 5.41) is 9.06. The summed E-state index contributed by atoms with van der Waals surface area (Å²) in [4.78, 5) is 1.95. The molecule has 2 aromatic carbocycles. The van der Waals surface area contributed by atoms with Crippen LogP contribution in [0.1, 0.15) is 5.56 Å². The average molecular weight is 256 g/mol. The maximum absolute atomic E-state index is 9.06. The van der Waals surface area contributed by atoms with Gasteiger partial charge in [0.15, 0.2) is 0 Å². The van der Waals surface area contributed by atoms with Crippen molar-refractivity contribution in [3.05, 3.63) is 48.0 Å². The fourth-order valence-corrected chi connectivity index (χ4v) is 2.37. The third-order valence-electron chi connectivity index (χ3n) is 2.41. The lowest BCUT2D eigenvalue weighted by molar-refractivity contribution is 0.414. The number of methoxy groups -OCH3 is 1. The maximum Gasteiger partial charge on any atom is 0.118 e. The zero-order chi connectivity index (χ0) is 13.0. The van der Waals surface area contributed by atoms with Gasteiger partial charge in [-0.1, -0.05) is 11.8 Å². The molecule has 0 bridgehead atoms. The topological polar surface area (TPSA) is 59.0 Å². The fraction of sp³-hybridized carbons (Fsp3) is 0.0714. The van der Waals surface area contributed by atoms with Crippen LogP contribution in [0.5, 0.6) is 5.75 Å². The Kier molecular flexibility index (Phi) is 3.75. The average Bonchev–Trinajstić information content (AvgIpc) is 2.41. The highest BCUT2D eigenvalue weighted by Crippen LogP contribution is 2.32. The molecule has 0 radical (unpaired) electrons. The van der Waals surface area contributed by atoms with Crippen molar-refractivity contribution in [3.63, 3.8) is 0 Å². The van der Waals surface area contributed by atoms with E-state index in [0.29, 0.717) is 11.3 Å². The van der Waals surface area contributed by atoms with Crippen LogP contribution in [0.4, 0.5) is 5.69 Å². The smallest absolute Gasteiger partial charge is 0.118 e. The van der Waals surface area contributed by atoms with E-state index in [1.807, 2.05) is 30.3 Å². The number of anilines is 1. The van der Waals surface area contributed by atoms with Gasteiger partial charge < -0.3 is 10.5 Å². The number of hydrogen-bond acceptors (Lipinski definition) is 4. The van der Waals surface area contributed by atoms with Crippen LogP contribution in [-0.2, 0) is 0 Å². The number of hydrogen-bond donors (Lipinski definition) is 1. The molecule has 18 heavy (non-hydrogen) atoms. The molecule has 0 aliphatic carbocycles. The van der Waals surface area contributed by atoms with Crippen LogP contribution in [0.3, 0.4) is 0 Å². The van der Waals surface area contributed by atoms with Gasteiger partial charge in [0.1, 0.15) is 11.8 Å². The van der Waals surface area contributed by atoms with Crippen LogP contribution >= 0.6 is 11.8 Å². The van der Waals surface area contributed by atoms with Gasteiger partial charge >= 0.3 is 0 Å². The molecule has 3 nitrogen and oxygen atoms in total. The number of nitrogens with zero attached hydrogens (tertiary/aromatic N) is 1. The van der Waals surface area contributed by atoms with Crippen molar-refractivity contribution in [2.24, 2.45) is 0 Å². The zero-order valence-electron chi connectivity index (χ0n) is 9.88. The highest BCUT2D eigenvalue weighted by molar-refractivity contribution is 7.99. The predicted molar refractivity (Wildman–Crippen MR) is 72.7 cm³/mol. The van der Waals surface area contributed by atoms with Crippen LogP contribution in [0.25, 0.3) is 0 Å². The van der Waals surface area contributed by atoms with Gasteiger partial charge in [-0.2, -0.15) is 5.26 Å². The zero-order valence-corrected chi connectivity index (χ0v) is 10.7. The number of nitrogen functional groups attached to an aromatic ring is 1. The molecular formula is C14H12N2OS. The minimum Gasteiger partial charge on any atom is -0.497 e. The Labute approximate surface area is 110 Å². The van der Waals surface area contributed by atoms with E-state index in [2.05, 4.69) is 6.07 Å². The number of nitriles is 1. The normalized spacial score (nSPS) is 9.78. The van der Waals surface area contributed by atoms with Gasteiger partial charge in [-0.05, 0) is 42.5 Å². The molecule has 0 saturated heterocycles. The molecule has 0 amide bonds. The standard InChI is InChI=1S/C14H12N2OS/c1-17-12-3-5-13(6-4-12)18-14-7-2-11(16)8-10(14)9-15/h2-8H,16H2,1H3. The van der Waals surface area contributed by atoms with Crippen LogP contribution in [0.2, 0.25) is 0 Å². The van der Waals surface area contributed by atoms with Gasteiger partial charge in [0, 0.05) is 15.5 Å². The van der Waals surface area contributed by atoms with Gasteiger partial charge in [-0.3, -0.25) is 0 Å². The molecule has 0 fully saturated rings. The third kappa shape index (κ3) is 2.76. The minimum absolute atomic E-state index is 0.593. The maximum atomic E-state index is 9.06. The number of benzene rings is 2. The second-order valence-corrected chi connectivity index (χ2v) is 4.76. The molecule has 0 aliphatic heterocycles. The highest BCUT2D eigenvalue weighted by atomic mass is 32.2. The minimum atomic E-state index is 0.593. The SMILES string of the molecule is COc1ccc(Sc2ccc(N)cc2C#N)cc1. The largest absolute Gasteiger partial charge is 0.497 e. The number of ether oxygens (including phenoxy) is 1. The summed E-state index contributed by atoms with van der Waals surface area (Å²) in [6, 6.07) is 15.2. The fourth-order valence-electron chi connectivity index (χ4n) is 1.49. The van der Waals surface area contributed by atoms with E-state index >= 15 is 0 Å². The molecule has 0 aliphatic rings. The van der Waals surface area contributed by atoms with Crippen LogP contribution in [0.15, 0.2) is 52.3 Å². The van der Waals surface area contributed by atoms with Gasteiger partial charge in [0.2, 0.25) is 0 Å². The summed E-state index contributed by atoms with van der Waals surface area (Å²) < 4.78 is 5.10. The third-order valence-corrected chi connectivity index (χ3v) is 3.50. The highest BCUT2D eigenvalue weighted by Gasteiger charge is 2.05. The molecule has 0 unspecified atom stereocenters. The lowest BCUT2D eigenvalue weighted by atomic mass is 10.2. The molecule has 4 heteroatoms. The number of rotatable bonds is 3. The summed E-state index contributed by atoms with van der Waals surface area (Å²) in [5.41, 5.74) is 6.85. The van der Waals surface area contributed by atoms with Crippen LogP contribution < -0.4 is 10.5 Å². The van der Waals surface area contributed by atoms with Crippen molar-refractivity contribution in [2.75, 3.05) is 12.8 Å². The first kappa shape index (κ1) is 12.3. The van der Waals surface area contributed by atoms with Crippen molar-refractivity contribution >= 4 is 17.4 Å². The molecule has 2 N–H and O–H groups in total. The second kappa shape index (κ2) is 5.48. The Balaban J connectivity index is 2.25. The van der Waals surface area contributed by atoms with Crippen molar-refractivity contribution in [3.8, 4) is 11.8 Å². The van der Waals surface area contributed by atoms with E-state index in [1.54, 1.807) is 19.2 Å². The Bertz CT molecular complexity index is 588. The first-order valence-electron chi connectivity index (χ1n) is 5.34. The lowest BCUT2D eigenvalue weighted by Gasteiger charge is -2.05. The summed E-state index contributed by atoms with van der Waals surface area (Å²) in [6.45, 7) is 0. The Hall–Kier alpha value is -2.12. The summed E-state index contributed by atoms with van der Waals surface area (Å²) in [6.07, 6.45) is 0. The van der Waals surface area contributed by atoms with E-state index in [0.717, 1.165) is 15.5 Å². The summed E-state index contributed by atoms with van der Waals surface area (Å²) in [7, 11) is 1.63. The number of nitrogens with two attached hydrogens (primary N) is 1. The van der Waals surface area contributed by atoms with Gasteiger partial charge in [-0.15, -0.1) is 0 Å². The van der Waals surface area contributed by atoms with E-state index in [-0.39, 0.29) is 0 Å². The van der Waals surface area contributed by atoms with Gasteiger partial charge in [-0.25, -0.2) is 0 Å². The molecule has 0 atom stereocenters. The molecule has 2 aromatic rings. The van der Waals surface area contributed by atoms with Gasteiger partial charge in [0.05, 0.1) is 12.7 Å². The van der Waals surface area contributed by atoms with Crippen molar-refractivity contribution in [1.82, 2.24) is 0 Å². The Morgan fingerprint density at radius 2 is 1.89 bits per heavy atom. The first-order chi connectivity index (χ1) is 8.72. The van der Waals surface area contributed by atoms with Crippen LogP contribution in [0, 0.1) is 11.3 Å². The molecule has 0 spiro atoms.